The molecule has 1 aromatic carbocycles. The third kappa shape index (κ3) is 1.93. The number of nitriles is 1. The van der Waals surface area contributed by atoms with Crippen molar-refractivity contribution in [2.24, 2.45) is 0 Å². The average Bonchev–Trinajstić information content (AvgIpc) is 2.77. The van der Waals surface area contributed by atoms with Gasteiger partial charge < -0.3 is 4.84 Å². The fraction of sp³-hybridized carbons (Fsp3) is 0. The van der Waals surface area contributed by atoms with E-state index < -0.39 is 5.97 Å². The molecule has 0 aliphatic carbocycles. The van der Waals surface area contributed by atoms with Crippen LogP contribution < -0.4 is 4.84 Å². The van der Waals surface area contributed by atoms with Gasteiger partial charge in [-0.15, -0.1) is 0 Å². The predicted octanol–water partition coefficient (Wildman–Crippen LogP) is 1.63. The van der Waals surface area contributed by atoms with Crippen molar-refractivity contribution in [2.45, 2.75) is 0 Å². The zero-order chi connectivity index (χ0) is 11.4. The summed E-state index contributed by atoms with van der Waals surface area (Å²) < 4.78 is 1.15. The highest BCUT2D eigenvalue weighted by atomic mass is 16.7. The van der Waals surface area contributed by atoms with E-state index in [1.54, 1.807) is 36.4 Å². The fourth-order valence-electron chi connectivity index (χ4n) is 1.25. The Morgan fingerprint density at radius 3 is 2.62 bits per heavy atom. The van der Waals surface area contributed by atoms with Crippen LogP contribution in [0, 0.1) is 11.3 Å². The van der Waals surface area contributed by atoms with Crippen LogP contribution in [0.5, 0.6) is 0 Å². The average molecular weight is 212 g/mol. The number of benzene rings is 1. The summed E-state index contributed by atoms with van der Waals surface area (Å²) >= 11 is 0. The standard InChI is InChI=1S/C12H8N2O2/c13-9-11-7-4-8-14(11)16-12(15)10-5-2-1-3-6-10/h1-8H. The van der Waals surface area contributed by atoms with Crippen LogP contribution in [0.1, 0.15) is 16.1 Å². The molecule has 1 heterocycles. The molecule has 0 radical (unpaired) electrons. The number of nitrogens with zero attached hydrogens (tertiary/aromatic N) is 2. The summed E-state index contributed by atoms with van der Waals surface area (Å²) in [6.07, 6.45) is 1.51. The van der Waals surface area contributed by atoms with Crippen molar-refractivity contribution in [1.82, 2.24) is 4.73 Å². The van der Waals surface area contributed by atoms with Crippen molar-refractivity contribution in [3.8, 4) is 6.07 Å². The summed E-state index contributed by atoms with van der Waals surface area (Å²) in [5.41, 5.74) is 0.726. The van der Waals surface area contributed by atoms with E-state index in [4.69, 9.17) is 10.1 Å². The van der Waals surface area contributed by atoms with E-state index in [1.807, 2.05) is 12.1 Å². The monoisotopic (exact) mass is 212 g/mol. The molecule has 0 spiro atoms. The van der Waals surface area contributed by atoms with Gasteiger partial charge in [0.25, 0.3) is 0 Å². The van der Waals surface area contributed by atoms with E-state index in [0.717, 1.165) is 4.73 Å². The first kappa shape index (κ1) is 9.99. The van der Waals surface area contributed by atoms with Gasteiger partial charge in [-0.3, -0.25) is 0 Å². The predicted molar refractivity (Wildman–Crippen MR) is 56.5 cm³/mol. The zero-order valence-corrected chi connectivity index (χ0v) is 8.33. The second kappa shape index (κ2) is 4.32. The second-order valence-corrected chi connectivity index (χ2v) is 3.08. The Morgan fingerprint density at radius 2 is 1.94 bits per heavy atom. The van der Waals surface area contributed by atoms with Gasteiger partial charge >= 0.3 is 5.97 Å². The summed E-state index contributed by atoms with van der Waals surface area (Å²) in [6, 6.07) is 13.7. The fourth-order valence-corrected chi connectivity index (χ4v) is 1.25. The number of carbonyl (C=O) groups excluding carboxylic acids is 1. The maximum Gasteiger partial charge on any atom is 0.363 e. The molecule has 0 saturated carbocycles. The lowest BCUT2D eigenvalue weighted by molar-refractivity contribution is 0.0459. The van der Waals surface area contributed by atoms with Crippen LogP contribution in [0.15, 0.2) is 48.7 Å². The van der Waals surface area contributed by atoms with Gasteiger partial charge in [-0.1, -0.05) is 18.2 Å². The molecule has 0 unspecified atom stereocenters. The highest BCUT2D eigenvalue weighted by molar-refractivity contribution is 5.89. The van der Waals surface area contributed by atoms with Gasteiger partial charge in [0, 0.05) is 6.20 Å². The van der Waals surface area contributed by atoms with Crippen LogP contribution in [-0.4, -0.2) is 10.7 Å². The molecule has 4 nitrogen and oxygen atoms in total. The van der Waals surface area contributed by atoms with Crippen molar-refractivity contribution >= 4 is 5.97 Å². The first-order valence-corrected chi connectivity index (χ1v) is 4.66. The molecule has 0 N–H and O–H groups in total. The number of aromatic nitrogens is 1. The first-order valence-electron chi connectivity index (χ1n) is 4.66. The summed E-state index contributed by atoms with van der Waals surface area (Å²) in [5, 5.41) is 8.73. The molecule has 0 aliphatic heterocycles. The highest BCUT2D eigenvalue weighted by Crippen LogP contribution is 2.02. The van der Waals surface area contributed by atoms with Crippen LogP contribution in [0.4, 0.5) is 0 Å². The summed E-state index contributed by atoms with van der Waals surface area (Å²) in [5.74, 6) is -0.492. The van der Waals surface area contributed by atoms with Gasteiger partial charge in [-0.2, -0.15) is 9.99 Å². The molecule has 0 aliphatic rings. The van der Waals surface area contributed by atoms with Gasteiger partial charge in [0.05, 0.1) is 5.56 Å². The molecular formula is C12H8N2O2. The third-order valence-electron chi connectivity index (χ3n) is 2.02. The smallest absolute Gasteiger partial charge is 0.330 e. The SMILES string of the molecule is N#Cc1cccn1OC(=O)c1ccccc1. The molecule has 0 amide bonds. The lowest BCUT2D eigenvalue weighted by Gasteiger charge is -2.04. The lowest BCUT2D eigenvalue weighted by atomic mass is 10.2. The van der Waals surface area contributed by atoms with E-state index >= 15 is 0 Å². The van der Waals surface area contributed by atoms with Crippen LogP contribution >= 0.6 is 0 Å². The van der Waals surface area contributed by atoms with Crippen molar-refractivity contribution < 1.29 is 9.63 Å². The number of hydrogen-bond donors (Lipinski definition) is 0. The summed E-state index contributed by atoms with van der Waals surface area (Å²) in [7, 11) is 0. The van der Waals surface area contributed by atoms with Crippen molar-refractivity contribution in [1.29, 1.82) is 5.26 Å². The number of carbonyl (C=O) groups is 1. The van der Waals surface area contributed by atoms with E-state index in [9.17, 15) is 4.79 Å². The zero-order valence-electron chi connectivity index (χ0n) is 8.33. The molecule has 1 aromatic heterocycles. The largest absolute Gasteiger partial charge is 0.363 e. The maximum atomic E-state index is 11.6. The Kier molecular flexibility index (Phi) is 2.70. The first-order chi connectivity index (χ1) is 7.81. The Balaban J connectivity index is 2.18. The Hall–Kier alpha value is -2.54. The molecular weight excluding hydrogens is 204 g/mol. The normalized spacial score (nSPS) is 9.44. The lowest BCUT2D eigenvalue weighted by Crippen LogP contribution is -2.20. The Morgan fingerprint density at radius 1 is 1.19 bits per heavy atom. The van der Waals surface area contributed by atoms with Crippen molar-refractivity contribution in [3.05, 3.63) is 59.9 Å². The number of rotatable bonds is 2. The molecule has 0 saturated heterocycles. The van der Waals surface area contributed by atoms with Gasteiger partial charge in [-0.05, 0) is 24.3 Å². The minimum Gasteiger partial charge on any atom is -0.330 e. The quantitative estimate of drug-likeness (QED) is 0.760. The molecule has 4 heteroatoms. The van der Waals surface area contributed by atoms with E-state index in [1.165, 1.54) is 6.20 Å². The van der Waals surface area contributed by atoms with Crippen LogP contribution in [0.3, 0.4) is 0 Å². The molecule has 0 fully saturated rings. The second-order valence-electron chi connectivity index (χ2n) is 3.08. The molecule has 16 heavy (non-hydrogen) atoms. The molecule has 0 atom stereocenters. The van der Waals surface area contributed by atoms with Crippen LogP contribution in [0.25, 0.3) is 0 Å². The van der Waals surface area contributed by atoms with Gasteiger partial charge in [-0.25, -0.2) is 4.79 Å². The minimum absolute atomic E-state index is 0.282. The molecule has 2 rings (SSSR count). The van der Waals surface area contributed by atoms with Crippen molar-refractivity contribution in [2.75, 3.05) is 0 Å². The van der Waals surface area contributed by atoms with Crippen molar-refractivity contribution in [3.63, 3.8) is 0 Å². The maximum absolute atomic E-state index is 11.6. The van der Waals surface area contributed by atoms with Gasteiger partial charge in [0.1, 0.15) is 6.07 Å². The minimum atomic E-state index is -0.492. The molecule has 2 aromatic rings. The van der Waals surface area contributed by atoms with Gasteiger partial charge in [0.2, 0.25) is 0 Å². The Labute approximate surface area is 92.3 Å². The van der Waals surface area contributed by atoms with E-state index in [-0.39, 0.29) is 5.69 Å². The highest BCUT2D eigenvalue weighted by Gasteiger charge is 2.09. The number of hydrogen-bond acceptors (Lipinski definition) is 3. The Bertz CT molecular complexity index is 538. The molecule has 78 valence electrons. The van der Waals surface area contributed by atoms with E-state index in [0.29, 0.717) is 5.56 Å². The topological polar surface area (TPSA) is 55.0 Å². The summed E-state index contributed by atoms with van der Waals surface area (Å²) in [4.78, 5) is 16.6. The third-order valence-corrected chi connectivity index (χ3v) is 2.02. The van der Waals surface area contributed by atoms with Crippen LogP contribution in [-0.2, 0) is 0 Å². The van der Waals surface area contributed by atoms with Crippen LogP contribution in [0.2, 0.25) is 0 Å². The molecule has 0 bridgehead atoms. The van der Waals surface area contributed by atoms with Gasteiger partial charge in [0.15, 0.2) is 5.69 Å². The van der Waals surface area contributed by atoms with E-state index in [2.05, 4.69) is 0 Å². The summed E-state index contributed by atoms with van der Waals surface area (Å²) in [6.45, 7) is 0.